The summed E-state index contributed by atoms with van der Waals surface area (Å²) in [5.41, 5.74) is 1.78. The number of carbonyl (C=O) groups is 2. The zero-order valence-electron chi connectivity index (χ0n) is 27.3. The lowest BCUT2D eigenvalue weighted by molar-refractivity contribution is -0.259. The monoisotopic (exact) mass is 612 g/mol. The summed E-state index contributed by atoms with van der Waals surface area (Å²) in [5.74, 6) is -1.21. The highest BCUT2D eigenvalue weighted by Gasteiger charge is 2.77. The molecule has 44 heavy (non-hydrogen) atoms. The van der Waals surface area contributed by atoms with E-state index in [1.807, 2.05) is 19.9 Å². The lowest BCUT2D eigenvalue weighted by atomic mass is 9.39. The molecule has 0 amide bonds. The number of hydrogen-bond acceptors (Lipinski definition) is 9. The van der Waals surface area contributed by atoms with Crippen LogP contribution in [0.5, 0.6) is 0 Å². The number of fused-ring (bicyclic) bond motifs is 4. The second kappa shape index (κ2) is 11.1. The summed E-state index contributed by atoms with van der Waals surface area (Å²) < 4.78 is 37.8. The predicted molar refractivity (Wildman–Crippen MR) is 160 cm³/mol. The molecule has 2 aliphatic heterocycles. The van der Waals surface area contributed by atoms with E-state index >= 15 is 0 Å². The molecule has 9 nitrogen and oxygen atoms in total. The van der Waals surface area contributed by atoms with E-state index in [0.29, 0.717) is 38.0 Å². The third-order valence-corrected chi connectivity index (χ3v) is 12.2. The molecule has 5 aliphatic rings. The number of aliphatic hydroxyl groups excluding tert-OH is 1. The van der Waals surface area contributed by atoms with Crippen LogP contribution in [-0.2, 0) is 33.3 Å². The molecule has 3 heterocycles. The fourth-order valence-corrected chi connectivity index (χ4v) is 10.2. The quantitative estimate of drug-likeness (QED) is 0.254. The maximum absolute atomic E-state index is 13.7. The topological polar surface area (TPSA) is 114 Å². The fourth-order valence-electron chi connectivity index (χ4n) is 10.2. The first kappa shape index (κ1) is 31.5. The fraction of sp³-hybridized carbons (Fsp3) is 0.714. The van der Waals surface area contributed by atoms with Gasteiger partial charge in [0.1, 0.15) is 12.2 Å². The van der Waals surface area contributed by atoms with E-state index in [1.165, 1.54) is 6.92 Å². The molecule has 6 rings (SSSR count). The smallest absolute Gasteiger partial charge is 0.333 e. The van der Waals surface area contributed by atoms with Crippen LogP contribution in [0.25, 0.3) is 0 Å². The molecule has 9 heteroatoms. The number of rotatable bonds is 6. The molecule has 0 bridgehead atoms. The normalized spacial score (nSPS) is 44.8. The van der Waals surface area contributed by atoms with Gasteiger partial charge in [0.2, 0.25) is 0 Å². The third-order valence-electron chi connectivity index (χ3n) is 12.2. The lowest BCUT2D eigenvalue weighted by Gasteiger charge is -2.66. The molecule has 4 fully saturated rings. The molecular formula is C35H48O9. The largest absolute Gasteiger partial charge is 0.472 e. The van der Waals surface area contributed by atoms with Gasteiger partial charge in [0, 0.05) is 60.0 Å². The molecule has 2 saturated carbocycles. The second-order valence-electron chi connectivity index (χ2n) is 14.3. The van der Waals surface area contributed by atoms with Crippen molar-refractivity contribution < 1.29 is 42.8 Å². The Balaban J connectivity index is 1.59. The summed E-state index contributed by atoms with van der Waals surface area (Å²) in [6, 6.07) is 2.00. The van der Waals surface area contributed by atoms with Gasteiger partial charge in [0.05, 0.1) is 37.4 Å². The van der Waals surface area contributed by atoms with Gasteiger partial charge < -0.3 is 33.2 Å². The van der Waals surface area contributed by atoms with E-state index in [-0.39, 0.29) is 29.8 Å². The number of esters is 2. The number of ether oxygens (including phenoxy) is 5. The van der Waals surface area contributed by atoms with Gasteiger partial charge in [-0.15, -0.1) is 0 Å². The van der Waals surface area contributed by atoms with Gasteiger partial charge in [0.25, 0.3) is 0 Å². The Hall–Kier alpha value is -2.46. The highest BCUT2D eigenvalue weighted by Crippen LogP contribution is 2.72. The van der Waals surface area contributed by atoms with E-state index in [2.05, 4.69) is 27.7 Å². The Morgan fingerprint density at radius 1 is 1.14 bits per heavy atom. The molecule has 1 N–H and O–H groups in total. The number of aliphatic hydroxyl groups is 1. The van der Waals surface area contributed by atoms with Crippen LogP contribution in [0.3, 0.4) is 0 Å². The number of furan rings is 1. The van der Waals surface area contributed by atoms with Gasteiger partial charge in [-0.25, -0.2) is 4.79 Å². The van der Waals surface area contributed by atoms with Crippen molar-refractivity contribution in [2.24, 2.45) is 28.1 Å². The van der Waals surface area contributed by atoms with Gasteiger partial charge in [0.15, 0.2) is 6.29 Å². The molecule has 242 valence electrons. The van der Waals surface area contributed by atoms with Crippen molar-refractivity contribution in [1.82, 2.24) is 0 Å². The minimum Gasteiger partial charge on any atom is -0.472 e. The molecule has 0 unspecified atom stereocenters. The second-order valence-corrected chi connectivity index (χ2v) is 14.3. The molecule has 2 saturated heterocycles. The number of carbonyl (C=O) groups excluding carboxylic acids is 2. The van der Waals surface area contributed by atoms with Gasteiger partial charge in [-0.3, -0.25) is 4.79 Å². The molecule has 1 aromatic heterocycles. The third kappa shape index (κ3) is 4.40. The first-order valence-corrected chi connectivity index (χ1v) is 16.1. The predicted octanol–water partition coefficient (Wildman–Crippen LogP) is 5.47. The van der Waals surface area contributed by atoms with E-state index in [1.54, 1.807) is 25.5 Å². The minimum absolute atomic E-state index is 0.0603. The van der Waals surface area contributed by atoms with E-state index in [4.69, 9.17) is 28.1 Å². The average Bonchev–Trinajstić information content (AvgIpc) is 3.68. The Kier molecular flexibility index (Phi) is 7.96. The molecule has 1 aromatic rings. The molecule has 0 radical (unpaired) electrons. The average molecular weight is 613 g/mol. The van der Waals surface area contributed by atoms with Crippen molar-refractivity contribution in [2.75, 3.05) is 13.2 Å². The lowest BCUT2D eigenvalue weighted by Crippen LogP contribution is -2.72. The van der Waals surface area contributed by atoms with Crippen LogP contribution < -0.4 is 0 Å². The summed E-state index contributed by atoms with van der Waals surface area (Å²) in [7, 11) is 0. The first-order chi connectivity index (χ1) is 20.8. The van der Waals surface area contributed by atoms with Gasteiger partial charge in [-0.1, -0.05) is 32.4 Å². The summed E-state index contributed by atoms with van der Waals surface area (Å²) in [5, 5.41) is 12.2. The zero-order chi connectivity index (χ0) is 31.8. The van der Waals surface area contributed by atoms with Crippen molar-refractivity contribution in [3.63, 3.8) is 0 Å². The van der Waals surface area contributed by atoms with Crippen LogP contribution in [0.2, 0.25) is 0 Å². The highest BCUT2D eigenvalue weighted by atomic mass is 16.7. The van der Waals surface area contributed by atoms with Gasteiger partial charge in [-0.2, -0.15) is 0 Å². The Labute approximate surface area is 260 Å². The molecule has 3 aliphatic carbocycles. The summed E-state index contributed by atoms with van der Waals surface area (Å²) in [4.78, 5) is 25.9. The highest BCUT2D eigenvalue weighted by molar-refractivity contribution is 5.87. The zero-order valence-corrected chi connectivity index (χ0v) is 27.3. The van der Waals surface area contributed by atoms with Crippen LogP contribution in [-0.4, -0.2) is 67.1 Å². The van der Waals surface area contributed by atoms with Crippen molar-refractivity contribution in [1.29, 1.82) is 0 Å². The van der Waals surface area contributed by atoms with Crippen molar-refractivity contribution in [3.05, 3.63) is 47.0 Å². The van der Waals surface area contributed by atoms with Gasteiger partial charge in [-0.05, 0) is 57.2 Å². The molecule has 0 aromatic carbocycles. The van der Waals surface area contributed by atoms with Crippen LogP contribution in [0.15, 0.2) is 45.8 Å². The number of hydrogen-bond donors (Lipinski definition) is 1. The minimum atomic E-state index is -0.807. The maximum atomic E-state index is 13.7. The van der Waals surface area contributed by atoms with E-state index in [9.17, 15) is 14.7 Å². The molecule has 12 atom stereocenters. The van der Waals surface area contributed by atoms with Crippen molar-refractivity contribution in [2.45, 2.75) is 117 Å². The molecular weight excluding hydrogens is 564 g/mol. The van der Waals surface area contributed by atoms with Crippen LogP contribution in [0.1, 0.15) is 86.1 Å². The summed E-state index contributed by atoms with van der Waals surface area (Å²) >= 11 is 0. The van der Waals surface area contributed by atoms with Crippen LogP contribution in [0.4, 0.5) is 0 Å². The Bertz CT molecular complexity index is 1350. The maximum Gasteiger partial charge on any atom is 0.333 e. The Morgan fingerprint density at radius 3 is 2.52 bits per heavy atom. The number of allylic oxidation sites excluding steroid dienone is 2. The molecule has 0 spiro atoms. The van der Waals surface area contributed by atoms with Crippen molar-refractivity contribution >= 4 is 11.9 Å². The van der Waals surface area contributed by atoms with E-state index in [0.717, 1.165) is 16.7 Å². The van der Waals surface area contributed by atoms with Crippen LogP contribution in [0, 0.1) is 28.1 Å². The van der Waals surface area contributed by atoms with Gasteiger partial charge >= 0.3 is 11.9 Å². The van der Waals surface area contributed by atoms with Crippen LogP contribution >= 0.6 is 0 Å². The standard InChI is InChI=1S/C35H48O9/c1-9-18(3)32(38)44-31-29-30-33(6,17-41-29)26(42-20(5)36)15-25(37)34(30,7)24-14-27(40-10-2)43-23-13-22(21-11-12-39-16-21)19(4)28(23)35(24,31)8/h9,11-12,16,22-27,29-31,37H,10,13-15,17H2,1-8H3/t22-,23+,24-,25-,26+,27-,29+,30+,31+,33-,34+,35+/m0/s1. The van der Waals surface area contributed by atoms with E-state index < -0.39 is 52.9 Å². The Morgan fingerprint density at radius 2 is 1.89 bits per heavy atom. The summed E-state index contributed by atoms with van der Waals surface area (Å²) in [6.07, 6.45) is 3.39. The first-order valence-electron chi connectivity index (χ1n) is 16.1. The SMILES string of the molecule is CC=C(C)C(=O)O[C@@H]1[C@@H]2OC[C@]3(C)[C@@H]2[C@](C)([C@@H]2C[C@@H](OCC)O[C@@H]4C[C@H](c5ccoc5)C(C)=C4[C@]12C)[C@@H](O)C[C@H]3OC(C)=O. The van der Waals surface area contributed by atoms with Crippen molar-refractivity contribution in [3.8, 4) is 0 Å². The summed E-state index contributed by atoms with van der Waals surface area (Å²) in [6.45, 7) is 16.3.